The van der Waals surface area contributed by atoms with E-state index in [9.17, 15) is 18.0 Å². The van der Waals surface area contributed by atoms with Gasteiger partial charge in [-0.2, -0.15) is 4.31 Å². The lowest BCUT2D eigenvalue weighted by Gasteiger charge is -2.19. The van der Waals surface area contributed by atoms with Crippen LogP contribution in [0.25, 0.3) is 0 Å². The molecule has 0 aliphatic rings. The predicted octanol–water partition coefficient (Wildman–Crippen LogP) is 3.93. The zero-order chi connectivity index (χ0) is 25.6. The van der Waals surface area contributed by atoms with Gasteiger partial charge in [0, 0.05) is 19.3 Å². The van der Waals surface area contributed by atoms with E-state index in [1.54, 1.807) is 0 Å². The number of carbonyl (C=O) groups is 2. The highest BCUT2D eigenvalue weighted by Gasteiger charge is 2.27. The maximum Gasteiger partial charge on any atom is 0.338 e. The number of sulfonamides is 1. The van der Waals surface area contributed by atoms with Gasteiger partial charge in [-0.05, 0) is 48.7 Å². The molecule has 9 heteroatoms. The molecular weight excluding hydrogens is 468 g/mol. The number of aryl methyl sites for hydroxylation is 2. The van der Waals surface area contributed by atoms with Crippen LogP contribution in [0.5, 0.6) is 5.75 Å². The van der Waals surface area contributed by atoms with Gasteiger partial charge < -0.3 is 14.8 Å². The van der Waals surface area contributed by atoms with Crippen LogP contribution >= 0.6 is 0 Å². The van der Waals surface area contributed by atoms with Crippen molar-refractivity contribution in [3.8, 4) is 5.75 Å². The lowest BCUT2D eigenvalue weighted by Crippen LogP contribution is -2.27. The average Bonchev–Trinajstić information content (AvgIpc) is 2.85. The van der Waals surface area contributed by atoms with E-state index in [1.807, 2.05) is 62.4 Å². The van der Waals surface area contributed by atoms with Crippen molar-refractivity contribution >= 4 is 27.6 Å². The highest BCUT2D eigenvalue weighted by Crippen LogP contribution is 2.28. The summed E-state index contributed by atoms with van der Waals surface area (Å²) in [5, 5.41) is 2.74. The summed E-state index contributed by atoms with van der Waals surface area (Å²) in [4.78, 5) is 24.8. The Morgan fingerprint density at radius 3 is 2.23 bits per heavy atom. The number of esters is 1. The quantitative estimate of drug-likeness (QED) is 0.451. The molecule has 3 aromatic rings. The van der Waals surface area contributed by atoms with Gasteiger partial charge in [0.15, 0.2) is 6.61 Å². The van der Waals surface area contributed by atoms with Crippen molar-refractivity contribution in [2.24, 2.45) is 0 Å². The summed E-state index contributed by atoms with van der Waals surface area (Å²) in [6.07, 6.45) is 0. The number of rotatable bonds is 9. The van der Waals surface area contributed by atoms with Crippen LogP contribution in [0.4, 0.5) is 5.69 Å². The summed E-state index contributed by atoms with van der Waals surface area (Å²) in [7, 11) is -1.20. The van der Waals surface area contributed by atoms with Gasteiger partial charge >= 0.3 is 5.97 Å². The molecule has 184 valence electrons. The van der Waals surface area contributed by atoms with E-state index in [1.165, 1.54) is 36.7 Å². The van der Waals surface area contributed by atoms with Gasteiger partial charge in [0.25, 0.3) is 5.91 Å². The number of methoxy groups -OCH3 is 1. The molecule has 0 heterocycles. The number of ether oxygens (including phenoxy) is 2. The molecule has 0 aliphatic heterocycles. The van der Waals surface area contributed by atoms with Crippen LogP contribution in [0.2, 0.25) is 0 Å². The second-order valence-electron chi connectivity index (χ2n) is 8.00. The standard InChI is InChI=1S/C26H28N2O6S/c1-18-9-8-10-19(2)25(18)27-24(29)17-34-26(30)21-13-14-22(33-4)23(15-21)35(31,32)28(3)16-20-11-6-5-7-12-20/h5-15H,16-17H2,1-4H3,(H,27,29). The molecular formula is C26H28N2O6S. The Balaban J connectivity index is 1.74. The molecule has 3 rings (SSSR count). The van der Waals surface area contributed by atoms with Crippen molar-refractivity contribution in [2.45, 2.75) is 25.3 Å². The van der Waals surface area contributed by atoms with E-state index < -0.39 is 28.5 Å². The topological polar surface area (TPSA) is 102 Å². The fourth-order valence-electron chi connectivity index (χ4n) is 3.50. The highest BCUT2D eigenvalue weighted by atomic mass is 32.2. The monoisotopic (exact) mass is 496 g/mol. The van der Waals surface area contributed by atoms with Crippen molar-refractivity contribution in [3.05, 3.63) is 89.0 Å². The fourth-order valence-corrected chi connectivity index (χ4v) is 4.84. The summed E-state index contributed by atoms with van der Waals surface area (Å²) >= 11 is 0. The van der Waals surface area contributed by atoms with Crippen LogP contribution in [0.3, 0.4) is 0 Å². The highest BCUT2D eigenvalue weighted by molar-refractivity contribution is 7.89. The molecule has 0 unspecified atom stereocenters. The van der Waals surface area contributed by atoms with E-state index in [2.05, 4.69) is 5.32 Å². The van der Waals surface area contributed by atoms with Crippen molar-refractivity contribution < 1.29 is 27.5 Å². The molecule has 0 saturated carbocycles. The van der Waals surface area contributed by atoms with Crippen LogP contribution in [0.1, 0.15) is 27.0 Å². The maximum atomic E-state index is 13.3. The summed E-state index contributed by atoms with van der Waals surface area (Å²) < 4.78 is 38.1. The molecule has 0 fully saturated rings. The van der Waals surface area contributed by atoms with Gasteiger partial charge in [-0.25, -0.2) is 13.2 Å². The van der Waals surface area contributed by atoms with Crippen molar-refractivity contribution in [3.63, 3.8) is 0 Å². The van der Waals surface area contributed by atoms with Gasteiger partial charge in [0.2, 0.25) is 10.0 Å². The van der Waals surface area contributed by atoms with E-state index in [-0.39, 0.29) is 22.8 Å². The maximum absolute atomic E-state index is 13.3. The molecule has 1 N–H and O–H groups in total. The van der Waals surface area contributed by atoms with E-state index in [4.69, 9.17) is 9.47 Å². The predicted molar refractivity (Wildman–Crippen MR) is 133 cm³/mol. The Kier molecular flexibility index (Phi) is 8.26. The molecule has 0 bridgehead atoms. The van der Waals surface area contributed by atoms with Crippen LogP contribution in [-0.4, -0.2) is 45.4 Å². The smallest absolute Gasteiger partial charge is 0.338 e. The second kappa shape index (κ2) is 11.2. The minimum atomic E-state index is -4.00. The first-order valence-corrected chi connectivity index (χ1v) is 12.3. The van der Waals surface area contributed by atoms with Crippen molar-refractivity contribution in [2.75, 3.05) is 26.1 Å². The van der Waals surface area contributed by atoms with Gasteiger partial charge in [0.05, 0.1) is 12.7 Å². The average molecular weight is 497 g/mol. The minimum Gasteiger partial charge on any atom is -0.495 e. The van der Waals surface area contributed by atoms with Gasteiger partial charge in [-0.3, -0.25) is 4.79 Å². The van der Waals surface area contributed by atoms with Crippen LogP contribution in [0, 0.1) is 13.8 Å². The first-order chi connectivity index (χ1) is 16.6. The third-order valence-corrected chi connectivity index (χ3v) is 7.24. The summed E-state index contributed by atoms with van der Waals surface area (Å²) in [5.41, 5.74) is 3.22. The number of hydrogen-bond acceptors (Lipinski definition) is 6. The molecule has 8 nitrogen and oxygen atoms in total. The minimum absolute atomic E-state index is 0.0163. The third-order valence-electron chi connectivity index (χ3n) is 5.42. The summed E-state index contributed by atoms with van der Waals surface area (Å²) in [6, 6.07) is 18.7. The summed E-state index contributed by atoms with van der Waals surface area (Å²) in [6.45, 7) is 3.35. The Labute approximate surface area is 205 Å². The molecule has 0 spiro atoms. The van der Waals surface area contributed by atoms with Gasteiger partial charge in [-0.15, -0.1) is 0 Å². The molecule has 0 saturated heterocycles. The van der Waals surface area contributed by atoms with Crippen LogP contribution < -0.4 is 10.1 Å². The Morgan fingerprint density at radius 1 is 0.943 bits per heavy atom. The lowest BCUT2D eigenvalue weighted by atomic mass is 10.1. The molecule has 0 aromatic heterocycles. The Bertz CT molecular complexity index is 1300. The van der Waals surface area contributed by atoms with Crippen LogP contribution in [0.15, 0.2) is 71.6 Å². The summed E-state index contributed by atoms with van der Waals surface area (Å²) in [5.74, 6) is -1.24. The van der Waals surface area contributed by atoms with E-state index in [0.29, 0.717) is 5.69 Å². The lowest BCUT2D eigenvalue weighted by molar-refractivity contribution is -0.119. The number of para-hydroxylation sites is 1. The van der Waals surface area contributed by atoms with Gasteiger partial charge in [-0.1, -0.05) is 48.5 Å². The van der Waals surface area contributed by atoms with E-state index >= 15 is 0 Å². The number of amides is 1. The number of anilines is 1. The van der Waals surface area contributed by atoms with Crippen LogP contribution in [-0.2, 0) is 26.1 Å². The normalized spacial score (nSPS) is 11.2. The Hall–Kier alpha value is -3.69. The number of nitrogens with zero attached hydrogens (tertiary/aromatic N) is 1. The number of carbonyl (C=O) groups excluding carboxylic acids is 2. The number of benzene rings is 3. The first-order valence-electron chi connectivity index (χ1n) is 10.8. The number of nitrogens with one attached hydrogen (secondary N) is 1. The van der Waals surface area contributed by atoms with Crippen molar-refractivity contribution in [1.82, 2.24) is 4.31 Å². The first kappa shape index (κ1) is 25.9. The SMILES string of the molecule is COc1ccc(C(=O)OCC(=O)Nc2c(C)cccc2C)cc1S(=O)(=O)N(C)Cc1ccccc1. The molecule has 0 radical (unpaired) electrons. The molecule has 3 aromatic carbocycles. The van der Waals surface area contributed by atoms with Crippen molar-refractivity contribution in [1.29, 1.82) is 0 Å². The third kappa shape index (κ3) is 6.26. The number of hydrogen-bond donors (Lipinski definition) is 1. The zero-order valence-corrected chi connectivity index (χ0v) is 20.9. The molecule has 35 heavy (non-hydrogen) atoms. The second-order valence-corrected chi connectivity index (χ2v) is 10.0. The molecule has 0 aliphatic carbocycles. The van der Waals surface area contributed by atoms with Gasteiger partial charge in [0.1, 0.15) is 10.6 Å². The fraction of sp³-hybridized carbons (Fsp3) is 0.231. The molecule has 1 amide bonds. The zero-order valence-electron chi connectivity index (χ0n) is 20.1. The largest absolute Gasteiger partial charge is 0.495 e. The Morgan fingerprint density at radius 2 is 1.60 bits per heavy atom. The molecule has 0 atom stereocenters. The van der Waals surface area contributed by atoms with E-state index in [0.717, 1.165) is 16.7 Å².